The summed E-state index contributed by atoms with van der Waals surface area (Å²) in [4.78, 5) is 27.7. The van der Waals surface area contributed by atoms with Crippen molar-refractivity contribution < 1.29 is 14.1 Å². The Morgan fingerprint density at radius 2 is 2.09 bits per heavy atom. The van der Waals surface area contributed by atoms with Gasteiger partial charge in [-0.1, -0.05) is 5.16 Å². The van der Waals surface area contributed by atoms with E-state index >= 15 is 0 Å². The van der Waals surface area contributed by atoms with Gasteiger partial charge in [-0.2, -0.15) is 0 Å². The first-order valence-corrected chi connectivity index (χ1v) is 8.12. The molecule has 0 unspecified atom stereocenters. The van der Waals surface area contributed by atoms with Gasteiger partial charge in [-0.3, -0.25) is 9.59 Å². The van der Waals surface area contributed by atoms with Crippen LogP contribution in [-0.2, 0) is 9.59 Å². The minimum atomic E-state index is 0.0717. The molecule has 2 saturated heterocycles. The van der Waals surface area contributed by atoms with Crippen LogP contribution < -0.4 is 0 Å². The first-order chi connectivity index (χ1) is 10.6. The standard InChI is InChI=1S/C16H23N3O3/c1-12-10-14(22-17-12)13-5-8-18(9-6-13)16(21)11-19-7-3-2-4-15(19)20/h10,13H,2-9,11H2,1H3. The molecule has 0 aromatic carbocycles. The number of hydrogen-bond donors (Lipinski definition) is 0. The number of aromatic nitrogens is 1. The van der Waals surface area contributed by atoms with Crippen molar-refractivity contribution in [3.05, 3.63) is 17.5 Å². The lowest BCUT2D eigenvalue weighted by Gasteiger charge is -2.33. The second-order valence-electron chi connectivity index (χ2n) is 6.30. The van der Waals surface area contributed by atoms with E-state index in [1.54, 1.807) is 4.90 Å². The lowest BCUT2D eigenvalue weighted by molar-refractivity contribution is -0.142. The van der Waals surface area contributed by atoms with E-state index in [0.717, 1.165) is 56.8 Å². The number of rotatable bonds is 3. The predicted octanol–water partition coefficient (Wildman–Crippen LogP) is 1.70. The summed E-state index contributed by atoms with van der Waals surface area (Å²) in [6.07, 6.45) is 4.33. The van der Waals surface area contributed by atoms with Crippen molar-refractivity contribution in [3.8, 4) is 0 Å². The molecule has 0 N–H and O–H groups in total. The average molecular weight is 305 g/mol. The van der Waals surface area contributed by atoms with Crippen LogP contribution in [0, 0.1) is 6.92 Å². The zero-order valence-corrected chi connectivity index (χ0v) is 13.1. The minimum absolute atomic E-state index is 0.0717. The lowest BCUT2D eigenvalue weighted by Crippen LogP contribution is -2.46. The van der Waals surface area contributed by atoms with Gasteiger partial charge in [0, 0.05) is 38.0 Å². The number of piperidine rings is 2. The van der Waals surface area contributed by atoms with Crippen LogP contribution >= 0.6 is 0 Å². The molecule has 0 aliphatic carbocycles. The maximum Gasteiger partial charge on any atom is 0.242 e. The van der Waals surface area contributed by atoms with Gasteiger partial charge in [0.05, 0.1) is 12.2 Å². The van der Waals surface area contributed by atoms with Gasteiger partial charge in [-0.25, -0.2) is 0 Å². The summed E-state index contributed by atoms with van der Waals surface area (Å²) in [6.45, 7) is 4.33. The molecule has 2 aliphatic rings. The van der Waals surface area contributed by atoms with Gasteiger partial charge >= 0.3 is 0 Å². The van der Waals surface area contributed by atoms with Crippen LogP contribution in [0.2, 0.25) is 0 Å². The molecule has 22 heavy (non-hydrogen) atoms. The second-order valence-corrected chi connectivity index (χ2v) is 6.30. The van der Waals surface area contributed by atoms with E-state index in [2.05, 4.69) is 5.16 Å². The SMILES string of the molecule is Cc1cc(C2CCN(C(=O)CN3CCCCC3=O)CC2)on1. The van der Waals surface area contributed by atoms with Crippen LogP contribution in [0.25, 0.3) is 0 Å². The molecule has 3 rings (SSSR count). The quantitative estimate of drug-likeness (QED) is 0.852. The summed E-state index contributed by atoms with van der Waals surface area (Å²) < 4.78 is 5.33. The Hall–Kier alpha value is -1.85. The summed E-state index contributed by atoms with van der Waals surface area (Å²) in [6, 6.07) is 1.98. The van der Waals surface area contributed by atoms with Crippen LogP contribution in [0.4, 0.5) is 0 Å². The number of hydrogen-bond acceptors (Lipinski definition) is 4. The number of nitrogens with zero attached hydrogens (tertiary/aromatic N) is 3. The topological polar surface area (TPSA) is 66.7 Å². The second kappa shape index (κ2) is 6.50. The van der Waals surface area contributed by atoms with E-state index in [-0.39, 0.29) is 18.4 Å². The Balaban J connectivity index is 1.50. The molecule has 2 fully saturated rings. The van der Waals surface area contributed by atoms with Crippen molar-refractivity contribution in [1.82, 2.24) is 15.0 Å². The third kappa shape index (κ3) is 3.31. The van der Waals surface area contributed by atoms with E-state index in [0.29, 0.717) is 12.3 Å². The summed E-state index contributed by atoms with van der Waals surface area (Å²) in [7, 11) is 0. The average Bonchev–Trinajstić information content (AvgIpc) is 2.96. The molecule has 0 radical (unpaired) electrons. The maximum atomic E-state index is 12.4. The van der Waals surface area contributed by atoms with Gasteiger partial charge in [0.15, 0.2) is 0 Å². The highest BCUT2D eigenvalue weighted by molar-refractivity contribution is 5.85. The highest BCUT2D eigenvalue weighted by Gasteiger charge is 2.28. The third-order valence-electron chi connectivity index (χ3n) is 4.64. The van der Waals surface area contributed by atoms with Gasteiger partial charge in [0.25, 0.3) is 0 Å². The van der Waals surface area contributed by atoms with E-state index < -0.39 is 0 Å². The highest BCUT2D eigenvalue weighted by atomic mass is 16.5. The minimum Gasteiger partial charge on any atom is -0.361 e. The molecule has 0 spiro atoms. The fourth-order valence-corrected chi connectivity index (χ4v) is 3.28. The molecular weight excluding hydrogens is 282 g/mol. The summed E-state index contributed by atoms with van der Waals surface area (Å²) >= 11 is 0. The molecule has 0 bridgehead atoms. The Labute approximate surface area is 130 Å². The largest absolute Gasteiger partial charge is 0.361 e. The molecule has 2 aliphatic heterocycles. The van der Waals surface area contributed by atoms with Crippen LogP contribution in [0.5, 0.6) is 0 Å². The van der Waals surface area contributed by atoms with Gasteiger partial charge in [0.2, 0.25) is 11.8 Å². The normalized spacial score (nSPS) is 20.5. The highest BCUT2D eigenvalue weighted by Crippen LogP contribution is 2.28. The van der Waals surface area contributed by atoms with Gasteiger partial charge in [0.1, 0.15) is 5.76 Å². The zero-order valence-electron chi connectivity index (χ0n) is 13.1. The molecule has 0 saturated carbocycles. The summed E-state index contributed by atoms with van der Waals surface area (Å²) in [5.74, 6) is 1.46. The smallest absolute Gasteiger partial charge is 0.242 e. The Morgan fingerprint density at radius 1 is 1.32 bits per heavy atom. The first kappa shape index (κ1) is 15.1. The number of likely N-dealkylation sites (tertiary alicyclic amines) is 2. The van der Waals surface area contributed by atoms with Crippen molar-refractivity contribution in [2.75, 3.05) is 26.2 Å². The maximum absolute atomic E-state index is 12.4. The van der Waals surface area contributed by atoms with Crippen LogP contribution in [0.1, 0.15) is 49.5 Å². The molecule has 0 atom stereocenters. The summed E-state index contributed by atoms with van der Waals surface area (Å²) in [5, 5.41) is 3.93. The van der Waals surface area contributed by atoms with Gasteiger partial charge in [-0.15, -0.1) is 0 Å². The van der Waals surface area contributed by atoms with Gasteiger partial charge in [-0.05, 0) is 32.6 Å². The number of aryl methyl sites for hydroxylation is 1. The van der Waals surface area contributed by atoms with Crippen LogP contribution in [-0.4, -0.2) is 52.9 Å². The van der Waals surface area contributed by atoms with E-state index in [4.69, 9.17) is 4.52 Å². The Bertz CT molecular complexity index is 547. The Kier molecular flexibility index (Phi) is 4.45. The fraction of sp³-hybridized carbons (Fsp3) is 0.688. The Morgan fingerprint density at radius 3 is 2.73 bits per heavy atom. The molecular formula is C16H23N3O3. The monoisotopic (exact) mass is 305 g/mol. The molecule has 6 nitrogen and oxygen atoms in total. The van der Waals surface area contributed by atoms with Crippen molar-refractivity contribution in [2.24, 2.45) is 0 Å². The van der Waals surface area contributed by atoms with Crippen molar-refractivity contribution in [2.45, 2.75) is 44.9 Å². The number of carbonyl (C=O) groups excluding carboxylic acids is 2. The fourth-order valence-electron chi connectivity index (χ4n) is 3.28. The molecule has 6 heteroatoms. The number of amides is 2. The zero-order chi connectivity index (χ0) is 15.5. The van der Waals surface area contributed by atoms with Crippen molar-refractivity contribution >= 4 is 11.8 Å². The molecule has 120 valence electrons. The van der Waals surface area contributed by atoms with Gasteiger partial charge < -0.3 is 14.3 Å². The first-order valence-electron chi connectivity index (χ1n) is 8.12. The molecule has 1 aromatic heterocycles. The van der Waals surface area contributed by atoms with Crippen molar-refractivity contribution in [3.63, 3.8) is 0 Å². The van der Waals surface area contributed by atoms with E-state index in [1.165, 1.54) is 0 Å². The molecule has 3 heterocycles. The van der Waals surface area contributed by atoms with E-state index in [1.807, 2.05) is 17.9 Å². The summed E-state index contributed by atoms with van der Waals surface area (Å²) in [5.41, 5.74) is 0.900. The van der Waals surface area contributed by atoms with Crippen LogP contribution in [0.3, 0.4) is 0 Å². The van der Waals surface area contributed by atoms with Crippen molar-refractivity contribution in [1.29, 1.82) is 0 Å². The van der Waals surface area contributed by atoms with E-state index in [9.17, 15) is 9.59 Å². The lowest BCUT2D eigenvalue weighted by atomic mass is 9.94. The third-order valence-corrected chi connectivity index (χ3v) is 4.64. The molecule has 1 aromatic rings. The van der Waals surface area contributed by atoms with Crippen LogP contribution in [0.15, 0.2) is 10.6 Å². The predicted molar refractivity (Wildman–Crippen MR) is 80.2 cm³/mol. The number of carbonyl (C=O) groups is 2. The molecule has 2 amide bonds.